The molecule has 1 aromatic heterocycles. The van der Waals surface area contributed by atoms with Crippen LogP contribution in [0.5, 0.6) is 0 Å². The van der Waals surface area contributed by atoms with Crippen LogP contribution in [0.2, 0.25) is 0 Å². The fraction of sp³-hybridized carbons (Fsp3) is 0.474. The molecule has 2 N–H and O–H groups in total. The normalized spacial score (nSPS) is 20.0. The van der Waals surface area contributed by atoms with Crippen molar-refractivity contribution >= 4 is 28.2 Å². The van der Waals surface area contributed by atoms with Crippen LogP contribution in [0.4, 0.5) is 5.95 Å². The molecule has 1 aromatic carbocycles. The number of piperidine rings is 1. The van der Waals surface area contributed by atoms with Gasteiger partial charge in [-0.05, 0) is 43.4 Å². The van der Waals surface area contributed by atoms with Crippen LogP contribution in [0.25, 0.3) is 0 Å². The van der Waals surface area contributed by atoms with E-state index in [4.69, 9.17) is 0 Å². The lowest BCUT2D eigenvalue weighted by Crippen LogP contribution is -2.30. The topological polar surface area (TPSA) is 84.0 Å². The molecule has 0 amide bonds. The summed E-state index contributed by atoms with van der Waals surface area (Å²) in [6, 6.07) is 8.68. The van der Waals surface area contributed by atoms with Crippen LogP contribution in [0.3, 0.4) is 0 Å². The number of fused-ring (bicyclic) bond motifs is 1. The minimum absolute atomic E-state index is 0. The van der Waals surface area contributed by atoms with Crippen molar-refractivity contribution in [2.45, 2.75) is 42.5 Å². The van der Waals surface area contributed by atoms with Crippen LogP contribution in [-0.2, 0) is 22.7 Å². The summed E-state index contributed by atoms with van der Waals surface area (Å²) >= 11 is 0. The van der Waals surface area contributed by atoms with Crippen molar-refractivity contribution in [3.8, 4) is 0 Å². The molecule has 1 aliphatic carbocycles. The van der Waals surface area contributed by atoms with Gasteiger partial charge in [0.15, 0.2) is 9.84 Å². The van der Waals surface area contributed by atoms with Crippen LogP contribution in [0.15, 0.2) is 35.4 Å². The molecule has 1 aliphatic heterocycles. The fourth-order valence-electron chi connectivity index (χ4n) is 3.96. The van der Waals surface area contributed by atoms with Crippen LogP contribution in [-0.4, -0.2) is 43.8 Å². The maximum atomic E-state index is 12.2. The molecule has 2 heterocycles. The summed E-state index contributed by atoms with van der Waals surface area (Å²) in [4.78, 5) is 9.21. The second kappa shape index (κ2) is 8.12. The van der Waals surface area contributed by atoms with Crippen molar-refractivity contribution in [2.75, 3.05) is 24.7 Å². The second-order valence-electron chi connectivity index (χ2n) is 7.28. The van der Waals surface area contributed by atoms with Gasteiger partial charge in [0.05, 0.1) is 11.9 Å². The largest absolute Gasteiger partial charge is 0.351 e. The molecule has 0 saturated carbocycles. The zero-order valence-corrected chi connectivity index (χ0v) is 16.9. The van der Waals surface area contributed by atoms with E-state index >= 15 is 0 Å². The molecular weight excluding hydrogens is 384 g/mol. The number of nitrogens with zero attached hydrogens (tertiary/aromatic N) is 2. The van der Waals surface area contributed by atoms with Gasteiger partial charge in [-0.1, -0.05) is 24.3 Å². The third-order valence-corrected chi connectivity index (χ3v) is 6.36. The van der Waals surface area contributed by atoms with Crippen molar-refractivity contribution in [1.29, 1.82) is 0 Å². The van der Waals surface area contributed by atoms with E-state index in [1.54, 1.807) is 0 Å². The maximum Gasteiger partial charge on any atom is 0.223 e. The molecule has 0 spiro atoms. The first-order valence-corrected chi connectivity index (χ1v) is 11.0. The number of hydrogen-bond donors (Lipinski definition) is 2. The number of anilines is 1. The van der Waals surface area contributed by atoms with Crippen LogP contribution in [0.1, 0.15) is 35.6 Å². The van der Waals surface area contributed by atoms with Gasteiger partial charge in [-0.3, -0.25) is 0 Å². The standard InChI is InChI=1S/C19H24N4O2S.ClH/c1-26(24,25)17-12-21-19(23-18(17)15-7-4-8-20-11-15)22-16-9-13-5-2-3-6-14(13)10-16;/h2-3,5-6,12,15-16,20H,4,7-11H2,1H3,(H,21,22,23);1H. The molecule has 1 fully saturated rings. The van der Waals surface area contributed by atoms with Gasteiger partial charge in [-0.15, -0.1) is 12.4 Å². The van der Waals surface area contributed by atoms with E-state index in [0.29, 0.717) is 11.6 Å². The number of halogens is 1. The van der Waals surface area contributed by atoms with Crippen molar-refractivity contribution in [3.05, 3.63) is 47.3 Å². The SMILES string of the molecule is CS(=O)(=O)c1cnc(NC2Cc3ccccc3C2)nc1C1CCCNC1.Cl. The zero-order chi connectivity index (χ0) is 18.1. The number of rotatable bonds is 4. The molecule has 0 radical (unpaired) electrons. The van der Waals surface area contributed by atoms with Crippen molar-refractivity contribution in [1.82, 2.24) is 15.3 Å². The highest BCUT2D eigenvalue weighted by molar-refractivity contribution is 7.90. The van der Waals surface area contributed by atoms with Crippen molar-refractivity contribution in [2.24, 2.45) is 0 Å². The Morgan fingerprint density at radius 2 is 1.89 bits per heavy atom. The number of nitrogens with one attached hydrogen (secondary N) is 2. The molecule has 0 bridgehead atoms. The summed E-state index contributed by atoms with van der Waals surface area (Å²) in [5.41, 5.74) is 3.36. The predicted octanol–water partition coefficient (Wildman–Crippen LogP) is 2.35. The first-order valence-electron chi connectivity index (χ1n) is 9.12. The van der Waals surface area contributed by atoms with Crippen LogP contribution in [0, 0.1) is 0 Å². The molecule has 2 aliphatic rings. The van der Waals surface area contributed by atoms with E-state index in [9.17, 15) is 8.42 Å². The summed E-state index contributed by atoms with van der Waals surface area (Å²) in [7, 11) is -3.35. The first kappa shape index (κ1) is 20.0. The molecule has 4 rings (SSSR count). The van der Waals surface area contributed by atoms with E-state index in [-0.39, 0.29) is 29.3 Å². The fourth-order valence-corrected chi connectivity index (χ4v) is 4.80. The Morgan fingerprint density at radius 1 is 1.19 bits per heavy atom. The minimum Gasteiger partial charge on any atom is -0.351 e. The van der Waals surface area contributed by atoms with E-state index < -0.39 is 9.84 Å². The molecular formula is C19H25ClN4O2S. The second-order valence-corrected chi connectivity index (χ2v) is 9.26. The van der Waals surface area contributed by atoms with E-state index in [0.717, 1.165) is 38.8 Å². The summed E-state index contributed by atoms with van der Waals surface area (Å²) in [5.74, 6) is 0.633. The Kier molecular flexibility index (Phi) is 6.03. The van der Waals surface area contributed by atoms with Gasteiger partial charge in [0.2, 0.25) is 5.95 Å². The first-order chi connectivity index (χ1) is 12.5. The summed E-state index contributed by atoms with van der Waals surface area (Å²) in [5, 5.41) is 6.75. The summed E-state index contributed by atoms with van der Waals surface area (Å²) in [6.07, 6.45) is 6.55. The lowest BCUT2D eigenvalue weighted by molar-refractivity contribution is 0.448. The van der Waals surface area contributed by atoms with Crippen molar-refractivity contribution in [3.63, 3.8) is 0 Å². The number of benzene rings is 1. The predicted molar refractivity (Wildman–Crippen MR) is 108 cm³/mol. The average molecular weight is 409 g/mol. The van der Waals surface area contributed by atoms with Gasteiger partial charge in [-0.25, -0.2) is 18.4 Å². The Bertz CT molecular complexity index is 889. The Labute approximate surface area is 166 Å². The Balaban J connectivity index is 0.00000210. The van der Waals surface area contributed by atoms with E-state index in [1.165, 1.54) is 23.6 Å². The maximum absolute atomic E-state index is 12.2. The van der Waals surface area contributed by atoms with Crippen molar-refractivity contribution < 1.29 is 8.42 Å². The monoisotopic (exact) mass is 408 g/mol. The molecule has 2 aromatic rings. The molecule has 8 heteroatoms. The third kappa shape index (κ3) is 4.42. The average Bonchev–Trinajstić information content (AvgIpc) is 3.03. The Hall–Kier alpha value is -1.70. The molecule has 1 unspecified atom stereocenters. The third-order valence-electron chi connectivity index (χ3n) is 5.25. The number of sulfone groups is 1. The number of hydrogen-bond acceptors (Lipinski definition) is 6. The van der Waals surface area contributed by atoms with Gasteiger partial charge in [0, 0.05) is 24.8 Å². The summed E-state index contributed by atoms with van der Waals surface area (Å²) < 4.78 is 24.4. The van der Waals surface area contributed by atoms with Crippen LogP contribution >= 0.6 is 12.4 Å². The zero-order valence-electron chi connectivity index (χ0n) is 15.3. The number of aromatic nitrogens is 2. The van der Waals surface area contributed by atoms with Gasteiger partial charge in [0.25, 0.3) is 0 Å². The van der Waals surface area contributed by atoms with Gasteiger partial charge in [-0.2, -0.15) is 0 Å². The highest BCUT2D eigenvalue weighted by atomic mass is 35.5. The molecule has 6 nitrogen and oxygen atoms in total. The molecule has 1 atom stereocenters. The Morgan fingerprint density at radius 3 is 2.48 bits per heavy atom. The smallest absolute Gasteiger partial charge is 0.223 e. The van der Waals surface area contributed by atoms with Gasteiger partial charge >= 0.3 is 0 Å². The molecule has 1 saturated heterocycles. The lowest BCUT2D eigenvalue weighted by Gasteiger charge is -2.24. The molecule has 146 valence electrons. The van der Waals surface area contributed by atoms with Gasteiger partial charge in [0.1, 0.15) is 4.90 Å². The van der Waals surface area contributed by atoms with Crippen LogP contribution < -0.4 is 10.6 Å². The van der Waals surface area contributed by atoms with Gasteiger partial charge < -0.3 is 10.6 Å². The van der Waals surface area contributed by atoms with E-state index in [1.807, 2.05) is 0 Å². The lowest BCUT2D eigenvalue weighted by atomic mass is 9.96. The molecule has 27 heavy (non-hydrogen) atoms. The summed E-state index contributed by atoms with van der Waals surface area (Å²) in [6.45, 7) is 1.73. The minimum atomic E-state index is -3.35. The van der Waals surface area contributed by atoms with E-state index in [2.05, 4.69) is 44.9 Å². The highest BCUT2D eigenvalue weighted by Crippen LogP contribution is 2.29. The quantitative estimate of drug-likeness (QED) is 0.807. The highest BCUT2D eigenvalue weighted by Gasteiger charge is 2.27.